The molecule has 6 fully saturated rings. The van der Waals surface area contributed by atoms with Crippen LogP contribution in [-0.4, -0.2) is 58.8 Å². The summed E-state index contributed by atoms with van der Waals surface area (Å²) in [6.45, 7) is 9.52. The van der Waals surface area contributed by atoms with Gasteiger partial charge in [-0.2, -0.15) is 0 Å². The van der Waals surface area contributed by atoms with Crippen LogP contribution in [0.2, 0.25) is 0 Å². The highest BCUT2D eigenvalue weighted by atomic mass is 16.3. The molecule has 29 heavy (non-hydrogen) atoms. The smallest absolute Gasteiger partial charge is 0.226 e. The van der Waals surface area contributed by atoms with E-state index >= 15 is 0 Å². The third kappa shape index (κ3) is 2.67. The summed E-state index contributed by atoms with van der Waals surface area (Å²) in [5, 5.41) is 21.4. The Morgan fingerprint density at radius 1 is 1.14 bits per heavy atom. The summed E-state index contributed by atoms with van der Waals surface area (Å²) >= 11 is 0. The zero-order valence-corrected chi connectivity index (χ0v) is 18.1. The van der Waals surface area contributed by atoms with Gasteiger partial charge in [-0.1, -0.05) is 27.7 Å². The third-order valence-electron chi connectivity index (χ3n) is 9.50. The molecule has 6 heteroatoms. The van der Waals surface area contributed by atoms with Crippen LogP contribution in [0.3, 0.4) is 0 Å². The molecule has 2 aliphatic heterocycles. The highest BCUT2D eigenvalue weighted by molar-refractivity contribution is 5.88. The quantitative estimate of drug-likeness (QED) is 0.663. The lowest BCUT2D eigenvalue weighted by atomic mass is 9.81. The molecular formula is C23H36N2O4. The van der Waals surface area contributed by atoms with Crippen LogP contribution in [0.25, 0.3) is 0 Å². The van der Waals surface area contributed by atoms with Gasteiger partial charge < -0.3 is 20.4 Å². The van der Waals surface area contributed by atoms with Gasteiger partial charge in [0.2, 0.25) is 11.8 Å². The summed E-state index contributed by atoms with van der Waals surface area (Å²) in [5.41, 5.74) is 0.950. The van der Waals surface area contributed by atoms with Gasteiger partial charge in [-0.15, -0.1) is 0 Å². The number of nitrogens with one attached hydrogen (secondary N) is 1. The van der Waals surface area contributed by atoms with E-state index in [-0.39, 0.29) is 54.4 Å². The maximum Gasteiger partial charge on any atom is 0.226 e. The topological polar surface area (TPSA) is 89.9 Å². The monoisotopic (exact) mass is 404 g/mol. The second-order valence-corrected chi connectivity index (χ2v) is 11.7. The molecule has 6 rings (SSSR count). The van der Waals surface area contributed by atoms with Crippen molar-refractivity contribution in [1.82, 2.24) is 10.2 Å². The van der Waals surface area contributed by atoms with Crippen LogP contribution in [0.4, 0.5) is 0 Å². The van der Waals surface area contributed by atoms with Gasteiger partial charge in [-0.3, -0.25) is 9.59 Å². The second-order valence-electron chi connectivity index (χ2n) is 11.7. The number of amides is 2. The minimum absolute atomic E-state index is 0.00113. The van der Waals surface area contributed by atoms with E-state index in [0.29, 0.717) is 28.6 Å². The van der Waals surface area contributed by atoms with Crippen LogP contribution in [0, 0.1) is 45.8 Å². The van der Waals surface area contributed by atoms with Crippen molar-refractivity contribution in [2.24, 2.45) is 45.8 Å². The van der Waals surface area contributed by atoms with E-state index in [4.69, 9.17) is 5.11 Å². The number of rotatable bonds is 3. The van der Waals surface area contributed by atoms with Crippen molar-refractivity contribution < 1.29 is 19.8 Å². The van der Waals surface area contributed by atoms with Crippen molar-refractivity contribution >= 4 is 11.8 Å². The number of aliphatic hydroxyl groups excluding tert-OH is 2. The van der Waals surface area contributed by atoms with Crippen LogP contribution in [0.5, 0.6) is 0 Å². The van der Waals surface area contributed by atoms with E-state index in [9.17, 15) is 14.7 Å². The Kier molecular flexibility index (Phi) is 4.08. The molecule has 0 aromatic heterocycles. The standard InChI is InChI=1S/C15H25NO2.C8H11NO2/c1-9(14(2,3)4)13(18)16-7-10-12(11(16)8-17)15(10)5-6-15;10-3-4-5-6(7(11)9-4)8(5)1-2-8/h9-12,17H,5-8H2,1-4H3;4-6,10H,1-3H2,(H,9,11)/t9-,10+,11-,12+;4-,5?,6-/m11/s1. The minimum atomic E-state index is 0.00113. The highest BCUT2D eigenvalue weighted by Gasteiger charge is 2.79. The van der Waals surface area contributed by atoms with E-state index in [0.717, 1.165) is 6.54 Å². The summed E-state index contributed by atoms with van der Waals surface area (Å²) in [6.07, 6.45) is 5.09. The van der Waals surface area contributed by atoms with E-state index in [1.54, 1.807) is 0 Å². The van der Waals surface area contributed by atoms with E-state index < -0.39 is 0 Å². The molecule has 2 amide bonds. The summed E-state index contributed by atoms with van der Waals surface area (Å²) < 4.78 is 0. The number of fused-ring (bicyclic) bond motifs is 6. The lowest BCUT2D eigenvalue weighted by Crippen LogP contribution is -2.46. The van der Waals surface area contributed by atoms with Crippen LogP contribution >= 0.6 is 0 Å². The zero-order valence-electron chi connectivity index (χ0n) is 18.1. The maximum absolute atomic E-state index is 12.6. The van der Waals surface area contributed by atoms with Gasteiger partial charge in [0.1, 0.15) is 0 Å². The molecule has 4 saturated carbocycles. The Labute approximate surface area is 173 Å². The second kappa shape index (κ2) is 5.97. The first-order valence-corrected chi connectivity index (χ1v) is 11.4. The Bertz CT molecular complexity index is 736. The highest BCUT2D eigenvalue weighted by Crippen LogP contribution is 2.79. The molecule has 1 unspecified atom stereocenters. The fourth-order valence-corrected chi connectivity index (χ4v) is 6.92. The van der Waals surface area contributed by atoms with Gasteiger partial charge in [0, 0.05) is 18.4 Å². The lowest BCUT2D eigenvalue weighted by Gasteiger charge is -2.35. The van der Waals surface area contributed by atoms with Crippen molar-refractivity contribution in [3.05, 3.63) is 0 Å². The number of aliphatic hydroxyl groups is 2. The number of carbonyl (C=O) groups is 2. The molecular weight excluding hydrogens is 368 g/mol. The molecule has 3 N–H and O–H groups in total. The first-order valence-electron chi connectivity index (χ1n) is 11.4. The van der Waals surface area contributed by atoms with Crippen molar-refractivity contribution in [2.45, 2.75) is 65.5 Å². The average molecular weight is 405 g/mol. The van der Waals surface area contributed by atoms with Gasteiger partial charge in [-0.25, -0.2) is 0 Å². The van der Waals surface area contributed by atoms with Crippen molar-refractivity contribution in [3.8, 4) is 0 Å². The molecule has 4 aliphatic carbocycles. The van der Waals surface area contributed by atoms with E-state index in [2.05, 4.69) is 26.1 Å². The zero-order chi connectivity index (χ0) is 20.9. The number of carbonyl (C=O) groups excluding carboxylic acids is 2. The van der Waals surface area contributed by atoms with Gasteiger partial charge >= 0.3 is 0 Å². The summed E-state index contributed by atoms with van der Waals surface area (Å²) in [5.74, 6) is 2.53. The molecule has 2 spiro atoms. The largest absolute Gasteiger partial charge is 0.394 e. The number of hydrogen-bond donors (Lipinski definition) is 3. The SMILES string of the molecule is C[C@H](C(=O)N1C[C@H]2[C@@H]([C@H]1CO)C21CC1)C(C)(C)C.O=C1N[C@H](CO)C2[C@H]1C21CC1. The number of likely N-dealkylation sites (tertiary alicyclic amines) is 1. The molecule has 0 bridgehead atoms. The van der Waals surface area contributed by atoms with Crippen molar-refractivity contribution in [2.75, 3.05) is 19.8 Å². The predicted octanol–water partition coefficient (Wildman–Crippen LogP) is 1.40. The molecule has 0 aromatic carbocycles. The number of nitrogens with zero attached hydrogens (tertiary/aromatic N) is 1. The van der Waals surface area contributed by atoms with Crippen LogP contribution < -0.4 is 5.32 Å². The van der Waals surface area contributed by atoms with Gasteiger partial charge in [-0.05, 0) is 59.7 Å². The Morgan fingerprint density at radius 3 is 2.21 bits per heavy atom. The lowest BCUT2D eigenvalue weighted by molar-refractivity contribution is -0.141. The number of hydrogen-bond acceptors (Lipinski definition) is 4. The van der Waals surface area contributed by atoms with Crippen LogP contribution in [0.15, 0.2) is 0 Å². The normalized spacial score (nSPS) is 41.9. The third-order valence-corrected chi connectivity index (χ3v) is 9.50. The average Bonchev–Trinajstić information content (AvgIpc) is 3.64. The maximum atomic E-state index is 12.6. The first-order chi connectivity index (χ1) is 13.6. The number of piperidine rings is 2. The van der Waals surface area contributed by atoms with Crippen molar-refractivity contribution in [1.29, 1.82) is 0 Å². The molecule has 2 saturated heterocycles. The Hall–Kier alpha value is -1.14. The molecule has 0 radical (unpaired) electrons. The fourth-order valence-electron chi connectivity index (χ4n) is 6.92. The predicted molar refractivity (Wildman–Crippen MR) is 108 cm³/mol. The minimum Gasteiger partial charge on any atom is -0.394 e. The summed E-state index contributed by atoms with van der Waals surface area (Å²) in [4.78, 5) is 25.8. The van der Waals surface area contributed by atoms with E-state index in [1.165, 1.54) is 25.7 Å². The Morgan fingerprint density at radius 2 is 1.76 bits per heavy atom. The molecule has 7 atom stereocenters. The fraction of sp³-hybridized carbons (Fsp3) is 0.913. The van der Waals surface area contributed by atoms with Gasteiger partial charge in [0.05, 0.1) is 25.3 Å². The van der Waals surface area contributed by atoms with Gasteiger partial charge in [0.25, 0.3) is 0 Å². The molecule has 6 nitrogen and oxygen atoms in total. The van der Waals surface area contributed by atoms with Gasteiger partial charge in [0.15, 0.2) is 0 Å². The molecule has 2 heterocycles. The first kappa shape index (κ1) is 19.8. The van der Waals surface area contributed by atoms with Crippen LogP contribution in [0.1, 0.15) is 53.4 Å². The molecule has 6 aliphatic rings. The van der Waals surface area contributed by atoms with Crippen molar-refractivity contribution in [3.63, 3.8) is 0 Å². The van der Waals surface area contributed by atoms with Crippen LogP contribution in [-0.2, 0) is 9.59 Å². The summed E-state index contributed by atoms with van der Waals surface area (Å²) in [7, 11) is 0. The Balaban J connectivity index is 0.000000140. The summed E-state index contributed by atoms with van der Waals surface area (Å²) in [6, 6.07) is 0.185. The molecule has 162 valence electrons. The molecule has 0 aromatic rings. The van der Waals surface area contributed by atoms with E-state index in [1.807, 2.05) is 11.8 Å².